The lowest BCUT2D eigenvalue weighted by atomic mass is 9.90. The Morgan fingerprint density at radius 1 is 1.53 bits per heavy atom. The first-order valence-electron chi connectivity index (χ1n) is 5.10. The van der Waals surface area contributed by atoms with Gasteiger partial charge >= 0.3 is 11.9 Å². The van der Waals surface area contributed by atoms with E-state index in [1.165, 1.54) is 14.0 Å². The van der Waals surface area contributed by atoms with Gasteiger partial charge in [-0.2, -0.15) is 0 Å². The summed E-state index contributed by atoms with van der Waals surface area (Å²) in [6, 6.07) is 4.94. The quantitative estimate of drug-likeness (QED) is 0.782. The second-order valence-corrected chi connectivity index (χ2v) is 4.13. The summed E-state index contributed by atoms with van der Waals surface area (Å²) in [5.74, 6) is -1.23. The van der Waals surface area contributed by atoms with E-state index in [2.05, 4.69) is 0 Å². The van der Waals surface area contributed by atoms with Crippen LogP contribution >= 0.6 is 0 Å². The zero-order valence-electron chi connectivity index (χ0n) is 9.52. The molecule has 0 spiro atoms. The van der Waals surface area contributed by atoms with Crippen LogP contribution in [0, 0.1) is 0 Å². The maximum Gasteiger partial charge on any atom is 0.348 e. The van der Waals surface area contributed by atoms with Crippen LogP contribution in [0.1, 0.15) is 22.8 Å². The van der Waals surface area contributed by atoms with Gasteiger partial charge in [0.05, 0.1) is 12.7 Å². The van der Waals surface area contributed by atoms with E-state index >= 15 is 0 Å². The Bertz CT molecular complexity index is 494. The molecule has 90 valence electrons. The normalized spacial score (nSPS) is 22.6. The molecular weight excluding hydrogens is 224 g/mol. The van der Waals surface area contributed by atoms with Crippen LogP contribution in [0.15, 0.2) is 18.2 Å². The highest BCUT2D eigenvalue weighted by Crippen LogP contribution is 2.30. The van der Waals surface area contributed by atoms with Crippen molar-refractivity contribution in [1.82, 2.24) is 0 Å². The van der Waals surface area contributed by atoms with Gasteiger partial charge in [-0.3, -0.25) is 0 Å². The molecule has 0 bridgehead atoms. The van der Waals surface area contributed by atoms with Gasteiger partial charge in [-0.15, -0.1) is 0 Å². The molecule has 0 saturated carbocycles. The molecule has 0 saturated heterocycles. The van der Waals surface area contributed by atoms with Gasteiger partial charge < -0.3 is 14.6 Å². The highest BCUT2D eigenvalue weighted by molar-refractivity contribution is 5.96. The third kappa shape index (κ3) is 1.84. The van der Waals surface area contributed by atoms with E-state index in [-0.39, 0.29) is 6.42 Å². The van der Waals surface area contributed by atoms with Crippen molar-refractivity contribution in [2.24, 2.45) is 0 Å². The first-order valence-corrected chi connectivity index (χ1v) is 5.10. The first-order chi connectivity index (χ1) is 7.96. The van der Waals surface area contributed by atoms with Crippen molar-refractivity contribution in [3.63, 3.8) is 0 Å². The lowest BCUT2D eigenvalue weighted by Gasteiger charge is -2.30. The maximum absolute atomic E-state index is 11.7. The van der Waals surface area contributed by atoms with Gasteiger partial charge in [0.25, 0.3) is 0 Å². The lowest BCUT2D eigenvalue weighted by Crippen LogP contribution is -2.45. The Kier molecular flexibility index (Phi) is 2.53. The number of hydrogen-bond acceptors (Lipinski definition) is 4. The van der Waals surface area contributed by atoms with Gasteiger partial charge in [0.1, 0.15) is 5.75 Å². The van der Waals surface area contributed by atoms with Gasteiger partial charge in [-0.25, -0.2) is 9.59 Å². The summed E-state index contributed by atoms with van der Waals surface area (Å²) in [6.45, 7) is 1.39. The monoisotopic (exact) mass is 236 g/mol. The third-order valence-electron chi connectivity index (χ3n) is 2.84. The molecule has 1 atom stereocenters. The van der Waals surface area contributed by atoms with E-state index in [0.717, 1.165) is 0 Å². The SMILES string of the molecule is COc1ccc2c(c1)C(=O)OC(C)(C(=O)O)C2. The van der Waals surface area contributed by atoms with E-state index in [0.29, 0.717) is 16.9 Å². The fourth-order valence-electron chi connectivity index (χ4n) is 1.81. The fraction of sp³-hybridized carbons (Fsp3) is 0.333. The zero-order chi connectivity index (χ0) is 12.6. The van der Waals surface area contributed by atoms with E-state index in [9.17, 15) is 9.59 Å². The number of carboxylic acids is 1. The van der Waals surface area contributed by atoms with Crippen LogP contribution in [0.3, 0.4) is 0 Å². The fourth-order valence-corrected chi connectivity index (χ4v) is 1.81. The number of esters is 1. The average Bonchev–Trinajstić information content (AvgIpc) is 2.28. The molecule has 1 aromatic rings. The number of benzene rings is 1. The lowest BCUT2D eigenvalue weighted by molar-refractivity contribution is -0.158. The van der Waals surface area contributed by atoms with Crippen molar-refractivity contribution in [3.05, 3.63) is 29.3 Å². The molecule has 5 heteroatoms. The summed E-state index contributed by atoms with van der Waals surface area (Å²) in [5, 5.41) is 9.04. The van der Waals surface area contributed by atoms with E-state index < -0.39 is 17.5 Å². The molecule has 0 aliphatic carbocycles. The van der Waals surface area contributed by atoms with Crippen LogP contribution in [0.2, 0.25) is 0 Å². The molecule has 0 radical (unpaired) electrons. The zero-order valence-corrected chi connectivity index (χ0v) is 9.52. The first kappa shape index (κ1) is 11.4. The molecule has 0 amide bonds. The largest absolute Gasteiger partial charge is 0.497 e. The topological polar surface area (TPSA) is 72.8 Å². The number of hydrogen-bond donors (Lipinski definition) is 1. The molecule has 1 heterocycles. The van der Waals surface area contributed by atoms with Crippen LogP contribution in [-0.4, -0.2) is 29.8 Å². The summed E-state index contributed by atoms with van der Waals surface area (Å²) in [4.78, 5) is 22.8. The van der Waals surface area contributed by atoms with Crippen molar-refractivity contribution >= 4 is 11.9 Å². The molecule has 1 unspecified atom stereocenters. The number of fused-ring (bicyclic) bond motifs is 1. The number of carboxylic acid groups (broad SMARTS) is 1. The minimum Gasteiger partial charge on any atom is -0.497 e. The molecule has 17 heavy (non-hydrogen) atoms. The van der Waals surface area contributed by atoms with Crippen molar-refractivity contribution in [3.8, 4) is 5.75 Å². The van der Waals surface area contributed by atoms with Crippen LogP contribution in [-0.2, 0) is 16.0 Å². The highest BCUT2D eigenvalue weighted by Gasteiger charge is 2.42. The standard InChI is InChI=1S/C12H12O5/c1-12(11(14)15)6-7-3-4-8(16-2)5-9(7)10(13)17-12/h3-5H,6H2,1-2H3,(H,14,15). The van der Waals surface area contributed by atoms with Crippen LogP contribution in [0.5, 0.6) is 5.75 Å². The Labute approximate surface area is 98.0 Å². The number of ether oxygens (including phenoxy) is 2. The molecule has 5 nitrogen and oxygen atoms in total. The number of carbonyl (C=O) groups excluding carboxylic acids is 1. The Hall–Kier alpha value is -2.04. The van der Waals surface area contributed by atoms with Gasteiger partial charge in [0.15, 0.2) is 0 Å². The summed E-state index contributed by atoms with van der Waals surface area (Å²) in [5.41, 5.74) is -0.464. The van der Waals surface area contributed by atoms with E-state index in [4.69, 9.17) is 14.6 Å². The molecule has 0 aromatic heterocycles. The average molecular weight is 236 g/mol. The van der Waals surface area contributed by atoms with Gasteiger partial charge in [0, 0.05) is 6.42 Å². The summed E-state index contributed by atoms with van der Waals surface area (Å²) < 4.78 is 9.97. The summed E-state index contributed by atoms with van der Waals surface area (Å²) in [7, 11) is 1.50. The molecule has 1 aliphatic rings. The number of carbonyl (C=O) groups is 2. The predicted octanol–water partition coefficient (Wildman–Crippen LogP) is 1.25. The Morgan fingerprint density at radius 3 is 2.82 bits per heavy atom. The van der Waals surface area contributed by atoms with Crippen LogP contribution < -0.4 is 4.74 Å². The van der Waals surface area contributed by atoms with Gasteiger partial charge in [-0.05, 0) is 24.6 Å². The van der Waals surface area contributed by atoms with Crippen LogP contribution in [0.25, 0.3) is 0 Å². The Morgan fingerprint density at radius 2 is 2.24 bits per heavy atom. The summed E-state index contributed by atoms with van der Waals surface area (Å²) >= 11 is 0. The predicted molar refractivity (Wildman–Crippen MR) is 58.2 cm³/mol. The van der Waals surface area contributed by atoms with Crippen LogP contribution in [0.4, 0.5) is 0 Å². The van der Waals surface area contributed by atoms with E-state index in [1.807, 2.05) is 0 Å². The van der Waals surface area contributed by atoms with Crippen molar-refractivity contribution in [2.45, 2.75) is 18.9 Å². The Balaban J connectivity index is 2.45. The van der Waals surface area contributed by atoms with Gasteiger partial charge in [-0.1, -0.05) is 6.07 Å². The second-order valence-electron chi connectivity index (χ2n) is 4.13. The second kappa shape index (κ2) is 3.76. The minimum absolute atomic E-state index is 0.160. The molecule has 0 fully saturated rings. The number of aliphatic carboxylic acids is 1. The highest BCUT2D eigenvalue weighted by atomic mass is 16.6. The maximum atomic E-state index is 11.7. The van der Waals surface area contributed by atoms with Crippen molar-refractivity contribution in [2.75, 3.05) is 7.11 Å². The van der Waals surface area contributed by atoms with Crippen molar-refractivity contribution < 1.29 is 24.2 Å². The third-order valence-corrected chi connectivity index (χ3v) is 2.84. The summed E-state index contributed by atoms with van der Waals surface area (Å²) in [6.07, 6.45) is 0.160. The number of rotatable bonds is 2. The number of cyclic esters (lactones) is 1. The molecule has 1 aromatic carbocycles. The molecule has 1 N–H and O–H groups in total. The minimum atomic E-state index is -1.49. The van der Waals surface area contributed by atoms with Gasteiger partial charge in [0.2, 0.25) is 5.60 Å². The molecule has 2 rings (SSSR count). The smallest absolute Gasteiger partial charge is 0.348 e. The van der Waals surface area contributed by atoms with E-state index in [1.54, 1.807) is 18.2 Å². The van der Waals surface area contributed by atoms with Crippen molar-refractivity contribution in [1.29, 1.82) is 0 Å². The molecular formula is C12H12O5. The number of methoxy groups -OCH3 is 1. The molecule has 1 aliphatic heterocycles.